The van der Waals surface area contributed by atoms with Crippen molar-refractivity contribution < 1.29 is 9.53 Å². The molecule has 1 heterocycles. The van der Waals surface area contributed by atoms with E-state index in [4.69, 9.17) is 22.7 Å². The Labute approximate surface area is 132 Å². The summed E-state index contributed by atoms with van der Waals surface area (Å²) in [5, 5.41) is 0.455. The van der Waals surface area contributed by atoms with Crippen LogP contribution in [0, 0.1) is 0 Å². The van der Waals surface area contributed by atoms with Crippen LogP contribution in [0.15, 0.2) is 23.1 Å². The highest BCUT2D eigenvalue weighted by Crippen LogP contribution is 2.40. The number of hydrogen-bond acceptors (Lipinski definition) is 4. The molecular weight excluding hydrogens is 300 g/mol. The number of aromatic nitrogens is 1. The first kappa shape index (κ1) is 14.7. The molecule has 0 spiro atoms. The summed E-state index contributed by atoms with van der Waals surface area (Å²) in [5.41, 5.74) is 6.91. The molecule has 2 aromatic rings. The van der Waals surface area contributed by atoms with Gasteiger partial charge in [0.15, 0.2) is 17.0 Å². The molecule has 1 aromatic heterocycles. The molecule has 1 saturated carbocycles. The molecule has 1 aliphatic carbocycles. The Morgan fingerprint density at radius 3 is 2.55 bits per heavy atom. The lowest BCUT2D eigenvalue weighted by Gasteiger charge is -2.17. The number of ether oxygens (including phenoxy) is 1. The number of Topliss-reactive ketones (excluding diaryl/α,β-unsaturated/α-hetero) is 1. The SMILES string of the molecule is COc1c(C(N)=S)ccc2c(=O)c(C(C)=O)cn(C3CC3)c12. The van der Waals surface area contributed by atoms with Crippen LogP contribution in [0.2, 0.25) is 0 Å². The average molecular weight is 316 g/mol. The van der Waals surface area contributed by atoms with Gasteiger partial charge in [0.05, 0.1) is 29.1 Å². The smallest absolute Gasteiger partial charge is 0.200 e. The number of benzene rings is 1. The summed E-state index contributed by atoms with van der Waals surface area (Å²) >= 11 is 5.06. The molecule has 3 rings (SSSR count). The number of carbonyl (C=O) groups excluding carboxylic acids is 1. The van der Waals surface area contributed by atoms with Gasteiger partial charge in [-0.25, -0.2) is 0 Å². The number of rotatable bonds is 4. The summed E-state index contributed by atoms with van der Waals surface area (Å²) in [7, 11) is 1.52. The van der Waals surface area contributed by atoms with Gasteiger partial charge in [0.2, 0.25) is 0 Å². The Morgan fingerprint density at radius 2 is 2.05 bits per heavy atom. The minimum absolute atomic E-state index is 0.199. The van der Waals surface area contributed by atoms with Gasteiger partial charge in [-0.15, -0.1) is 0 Å². The molecule has 5 nitrogen and oxygen atoms in total. The molecule has 0 atom stereocenters. The van der Waals surface area contributed by atoms with E-state index in [0.717, 1.165) is 12.8 Å². The van der Waals surface area contributed by atoms with E-state index in [9.17, 15) is 9.59 Å². The van der Waals surface area contributed by atoms with E-state index in [0.29, 0.717) is 22.2 Å². The Bertz CT molecular complexity index is 866. The van der Waals surface area contributed by atoms with Crippen molar-refractivity contribution in [2.24, 2.45) is 5.73 Å². The molecule has 0 amide bonds. The molecular formula is C16H16N2O3S. The number of hydrogen-bond donors (Lipinski definition) is 1. The molecule has 0 radical (unpaired) electrons. The third-order valence-corrected chi connectivity index (χ3v) is 4.16. The Balaban J connectivity index is 2.49. The molecule has 0 unspecified atom stereocenters. The molecule has 114 valence electrons. The topological polar surface area (TPSA) is 74.3 Å². The van der Waals surface area contributed by atoms with Crippen LogP contribution in [0.4, 0.5) is 0 Å². The third kappa shape index (κ3) is 2.20. The Hall–Kier alpha value is -2.21. The van der Waals surface area contributed by atoms with E-state index in [1.165, 1.54) is 14.0 Å². The molecule has 1 aliphatic rings. The van der Waals surface area contributed by atoms with Gasteiger partial charge in [0.1, 0.15) is 4.99 Å². The van der Waals surface area contributed by atoms with Crippen molar-refractivity contribution in [3.05, 3.63) is 39.7 Å². The summed E-state index contributed by atoms with van der Waals surface area (Å²) in [5.74, 6) is 0.253. The predicted octanol–water partition coefficient (Wildman–Crippen LogP) is 2.18. The van der Waals surface area contributed by atoms with E-state index in [1.54, 1.807) is 18.3 Å². The molecule has 1 aromatic carbocycles. The number of ketones is 1. The van der Waals surface area contributed by atoms with Crippen LogP contribution in [0.5, 0.6) is 5.75 Å². The summed E-state index contributed by atoms with van der Waals surface area (Å²) < 4.78 is 7.43. The van der Waals surface area contributed by atoms with E-state index in [1.807, 2.05) is 4.57 Å². The second kappa shape index (κ2) is 5.21. The fraction of sp³-hybridized carbons (Fsp3) is 0.312. The Morgan fingerprint density at radius 1 is 1.36 bits per heavy atom. The first-order chi connectivity index (χ1) is 10.5. The van der Waals surface area contributed by atoms with Gasteiger partial charge < -0.3 is 15.0 Å². The number of pyridine rings is 1. The number of methoxy groups -OCH3 is 1. The van der Waals surface area contributed by atoms with Crippen molar-refractivity contribution in [2.75, 3.05) is 7.11 Å². The monoisotopic (exact) mass is 316 g/mol. The van der Waals surface area contributed by atoms with Gasteiger partial charge in [-0.2, -0.15) is 0 Å². The molecule has 6 heteroatoms. The number of nitrogens with two attached hydrogens (primary N) is 1. The van der Waals surface area contributed by atoms with Crippen LogP contribution in [0.3, 0.4) is 0 Å². The van der Waals surface area contributed by atoms with Gasteiger partial charge in [0, 0.05) is 12.2 Å². The summed E-state index contributed by atoms with van der Waals surface area (Å²) in [6.45, 7) is 1.40. The lowest BCUT2D eigenvalue weighted by atomic mass is 10.0. The average Bonchev–Trinajstić information content (AvgIpc) is 3.30. The van der Waals surface area contributed by atoms with Gasteiger partial charge in [-0.05, 0) is 31.9 Å². The Kier molecular flexibility index (Phi) is 3.48. The first-order valence-electron chi connectivity index (χ1n) is 7.02. The zero-order chi connectivity index (χ0) is 16.0. The van der Waals surface area contributed by atoms with Crippen molar-refractivity contribution in [1.29, 1.82) is 0 Å². The summed E-state index contributed by atoms with van der Waals surface area (Å²) in [6, 6.07) is 3.61. The largest absolute Gasteiger partial charge is 0.494 e. The molecule has 1 fully saturated rings. The van der Waals surface area contributed by atoms with Gasteiger partial charge in [0.25, 0.3) is 0 Å². The number of carbonyl (C=O) groups is 1. The maximum atomic E-state index is 12.6. The third-order valence-electron chi connectivity index (χ3n) is 3.94. The fourth-order valence-corrected chi connectivity index (χ4v) is 2.87. The molecule has 22 heavy (non-hydrogen) atoms. The summed E-state index contributed by atoms with van der Waals surface area (Å²) in [6.07, 6.45) is 3.65. The highest BCUT2D eigenvalue weighted by atomic mass is 32.1. The van der Waals surface area contributed by atoms with E-state index >= 15 is 0 Å². The van der Waals surface area contributed by atoms with Crippen LogP contribution in [-0.4, -0.2) is 22.4 Å². The highest BCUT2D eigenvalue weighted by Gasteiger charge is 2.28. The normalized spacial score (nSPS) is 14.1. The van der Waals surface area contributed by atoms with Crippen molar-refractivity contribution in [3.8, 4) is 5.75 Å². The minimum Gasteiger partial charge on any atom is -0.494 e. The number of nitrogens with zero attached hydrogens (tertiary/aromatic N) is 1. The zero-order valence-corrected chi connectivity index (χ0v) is 13.2. The van der Waals surface area contributed by atoms with Crippen molar-refractivity contribution in [3.63, 3.8) is 0 Å². The molecule has 0 bridgehead atoms. The zero-order valence-electron chi connectivity index (χ0n) is 12.4. The predicted molar refractivity (Wildman–Crippen MR) is 88.9 cm³/mol. The van der Waals surface area contributed by atoms with Crippen LogP contribution in [0.25, 0.3) is 10.9 Å². The standard InChI is InChI=1S/C16H16N2O3S/c1-8(19)12-7-18(9-3-4-9)13-10(14(12)20)5-6-11(16(17)22)15(13)21-2/h5-7,9H,3-4H2,1-2H3,(H2,17,22). The minimum atomic E-state index is -0.285. The van der Waals surface area contributed by atoms with E-state index in [2.05, 4.69) is 0 Å². The van der Waals surface area contributed by atoms with Gasteiger partial charge in [-0.3, -0.25) is 9.59 Å². The number of thiocarbonyl (C=S) groups is 1. The van der Waals surface area contributed by atoms with E-state index in [-0.39, 0.29) is 27.8 Å². The van der Waals surface area contributed by atoms with Crippen LogP contribution < -0.4 is 15.9 Å². The first-order valence-corrected chi connectivity index (χ1v) is 7.43. The van der Waals surface area contributed by atoms with Crippen molar-refractivity contribution in [2.45, 2.75) is 25.8 Å². The number of fused-ring (bicyclic) bond motifs is 1. The van der Waals surface area contributed by atoms with Crippen LogP contribution >= 0.6 is 12.2 Å². The maximum Gasteiger partial charge on any atom is 0.200 e. The van der Waals surface area contributed by atoms with Crippen LogP contribution in [-0.2, 0) is 0 Å². The van der Waals surface area contributed by atoms with E-state index < -0.39 is 0 Å². The van der Waals surface area contributed by atoms with Crippen LogP contribution in [0.1, 0.15) is 41.7 Å². The lowest BCUT2D eigenvalue weighted by molar-refractivity contribution is 0.101. The quantitative estimate of drug-likeness (QED) is 0.691. The maximum absolute atomic E-state index is 12.6. The van der Waals surface area contributed by atoms with Gasteiger partial charge in [-0.1, -0.05) is 12.2 Å². The second-order valence-electron chi connectivity index (χ2n) is 5.47. The van der Waals surface area contributed by atoms with Crippen molar-refractivity contribution >= 4 is 33.9 Å². The molecule has 0 aliphatic heterocycles. The second-order valence-corrected chi connectivity index (χ2v) is 5.91. The van der Waals surface area contributed by atoms with Crippen molar-refractivity contribution in [1.82, 2.24) is 4.57 Å². The highest BCUT2D eigenvalue weighted by molar-refractivity contribution is 7.80. The fourth-order valence-electron chi connectivity index (χ4n) is 2.71. The lowest BCUT2D eigenvalue weighted by Crippen LogP contribution is -2.19. The van der Waals surface area contributed by atoms with Gasteiger partial charge >= 0.3 is 0 Å². The molecule has 0 saturated heterocycles. The summed E-state index contributed by atoms with van der Waals surface area (Å²) in [4.78, 5) is 24.5. The molecule has 2 N–H and O–H groups in total.